The van der Waals surface area contributed by atoms with Crippen LogP contribution in [0, 0.1) is 0 Å². The van der Waals surface area contributed by atoms with E-state index in [4.69, 9.17) is 4.74 Å². The number of rotatable bonds is 6. The van der Waals surface area contributed by atoms with Crippen molar-refractivity contribution >= 4 is 9.84 Å². The molecule has 21 heavy (non-hydrogen) atoms. The van der Waals surface area contributed by atoms with Crippen LogP contribution in [0.1, 0.15) is 43.4 Å². The van der Waals surface area contributed by atoms with E-state index in [1.807, 2.05) is 32.2 Å². The van der Waals surface area contributed by atoms with Gasteiger partial charge in [0, 0.05) is 6.04 Å². The van der Waals surface area contributed by atoms with Gasteiger partial charge in [-0.2, -0.15) is 0 Å². The van der Waals surface area contributed by atoms with Crippen LogP contribution in [0.3, 0.4) is 0 Å². The smallest absolute Gasteiger partial charge is 0.155 e. The molecule has 2 atom stereocenters. The van der Waals surface area contributed by atoms with Gasteiger partial charge in [-0.1, -0.05) is 19.4 Å². The third kappa shape index (κ3) is 3.40. The zero-order chi connectivity index (χ0) is 15.5. The molecular weight excluding hydrogens is 286 g/mol. The first-order chi connectivity index (χ1) is 10.0. The van der Waals surface area contributed by atoms with Crippen LogP contribution < -0.4 is 10.1 Å². The van der Waals surface area contributed by atoms with Crippen molar-refractivity contribution in [1.82, 2.24) is 5.32 Å². The van der Waals surface area contributed by atoms with E-state index in [9.17, 15) is 8.42 Å². The average molecular weight is 311 g/mol. The quantitative estimate of drug-likeness (QED) is 0.877. The molecule has 1 aromatic carbocycles. The predicted molar refractivity (Wildman–Crippen MR) is 85.6 cm³/mol. The topological polar surface area (TPSA) is 55.4 Å². The second-order valence-electron chi connectivity index (χ2n) is 5.63. The summed E-state index contributed by atoms with van der Waals surface area (Å²) in [4.78, 5) is 0. The van der Waals surface area contributed by atoms with Crippen LogP contribution in [0.4, 0.5) is 0 Å². The van der Waals surface area contributed by atoms with Crippen molar-refractivity contribution in [3.63, 3.8) is 0 Å². The molecule has 0 spiro atoms. The fraction of sp³-hybridized carbons (Fsp3) is 0.625. The maximum absolute atomic E-state index is 12.6. The lowest BCUT2D eigenvalue weighted by atomic mass is 9.87. The normalized spacial score (nSPS) is 21.9. The van der Waals surface area contributed by atoms with Gasteiger partial charge in [0.25, 0.3) is 0 Å². The van der Waals surface area contributed by atoms with Gasteiger partial charge in [-0.3, -0.25) is 0 Å². The van der Waals surface area contributed by atoms with Crippen LogP contribution in [-0.2, 0) is 16.3 Å². The zero-order valence-corrected chi connectivity index (χ0v) is 13.9. The molecule has 0 radical (unpaired) electrons. The van der Waals surface area contributed by atoms with Crippen LogP contribution in [0.2, 0.25) is 0 Å². The first-order valence-corrected chi connectivity index (χ1v) is 9.30. The largest absolute Gasteiger partial charge is 0.497 e. The summed E-state index contributed by atoms with van der Waals surface area (Å²) in [5.74, 6) is 1.12. The maximum atomic E-state index is 12.6. The van der Waals surface area contributed by atoms with Crippen molar-refractivity contribution < 1.29 is 13.2 Å². The van der Waals surface area contributed by atoms with Crippen molar-refractivity contribution in [3.05, 3.63) is 29.3 Å². The van der Waals surface area contributed by atoms with Gasteiger partial charge in [-0.05, 0) is 49.6 Å². The Labute approximate surface area is 127 Å². The van der Waals surface area contributed by atoms with E-state index >= 15 is 0 Å². The molecule has 0 aromatic heterocycles. The summed E-state index contributed by atoms with van der Waals surface area (Å²) in [5, 5.41) is 2.89. The van der Waals surface area contributed by atoms with E-state index in [1.54, 1.807) is 7.11 Å². The van der Waals surface area contributed by atoms with Crippen LogP contribution in [-0.4, -0.2) is 33.6 Å². The maximum Gasteiger partial charge on any atom is 0.155 e. The minimum absolute atomic E-state index is 0.124. The van der Waals surface area contributed by atoms with E-state index in [0.29, 0.717) is 6.42 Å². The highest BCUT2D eigenvalue weighted by molar-refractivity contribution is 7.92. The summed E-state index contributed by atoms with van der Waals surface area (Å²) in [6.45, 7) is 2.02. The van der Waals surface area contributed by atoms with Crippen molar-refractivity contribution in [1.29, 1.82) is 0 Å². The first-order valence-electron chi connectivity index (χ1n) is 7.59. The van der Waals surface area contributed by atoms with Crippen LogP contribution in [0.5, 0.6) is 5.75 Å². The summed E-state index contributed by atoms with van der Waals surface area (Å²) < 4.78 is 30.4. The number of unbranched alkanes of at least 4 members (excludes halogenated alkanes) is 1. The number of fused-ring (bicyclic) bond motifs is 1. The highest BCUT2D eigenvalue weighted by Crippen LogP contribution is 2.36. The molecule has 1 aromatic rings. The van der Waals surface area contributed by atoms with Crippen molar-refractivity contribution in [2.75, 3.05) is 19.9 Å². The van der Waals surface area contributed by atoms with Gasteiger partial charge in [-0.15, -0.1) is 0 Å². The summed E-state index contributed by atoms with van der Waals surface area (Å²) in [5.41, 5.74) is 2.28. The summed E-state index contributed by atoms with van der Waals surface area (Å²) in [6.07, 6.45) is 3.12. The monoisotopic (exact) mass is 311 g/mol. The van der Waals surface area contributed by atoms with E-state index in [1.165, 1.54) is 5.56 Å². The fourth-order valence-electron chi connectivity index (χ4n) is 3.12. The van der Waals surface area contributed by atoms with E-state index in [2.05, 4.69) is 5.32 Å². The number of nitrogens with one attached hydrogen (secondary N) is 1. The molecular formula is C16H25NO3S. The molecule has 0 saturated heterocycles. The van der Waals surface area contributed by atoms with Crippen LogP contribution >= 0.6 is 0 Å². The molecule has 2 rings (SSSR count). The average Bonchev–Trinajstić information content (AvgIpc) is 2.51. The Kier molecular flexibility index (Phi) is 5.27. The summed E-state index contributed by atoms with van der Waals surface area (Å²) >= 11 is 0. The van der Waals surface area contributed by atoms with Gasteiger partial charge in [0.2, 0.25) is 0 Å². The lowest BCUT2D eigenvalue weighted by Crippen LogP contribution is -2.40. The molecule has 5 heteroatoms. The molecule has 1 aliphatic carbocycles. The molecule has 0 aliphatic heterocycles. The Morgan fingerprint density at radius 3 is 2.76 bits per heavy atom. The molecule has 0 heterocycles. The second kappa shape index (κ2) is 6.79. The van der Waals surface area contributed by atoms with Gasteiger partial charge in [0.05, 0.1) is 18.1 Å². The Morgan fingerprint density at radius 1 is 1.38 bits per heavy atom. The molecule has 2 unspecified atom stereocenters. The molecule has 1 aliphatic rings. The lowest BCUT2D eigenvalue weighted by molar-refractivity contribution is 0.411. The number of methoxy groups -OCH3 is 1. The molecule has 0 saturated carbocycles. The molecule has 4 nitrogen and oxygen atoms in total. The molecule has 0 bridgehead atoms. The second-order valence-corrected chi connectivity index (χ2v) is 7.97. The third-order valence-corrected chi connectivity index (χ3v) is 6.60. The lowest BCUT2D eigenvalue weighted by Gasteiger charge is -2.33. The number of aryl methyl sites for hydroxylation is 1. The van der Waals surface area contributed by atoms with Gasteiger partial charge < -0.3 is 10.1 Å². The van der Waals surface area contributed by atoms with E-state index in [-0.39, 0.29) is 17.0 Å². The van der Waals surface area contributed by atoms with E-state index < -0.39 is 9.84 Å². The molecule has 1 N–H and O–H groups in total. The van der Waals surface area contributed by atoms with Crippen molar-refractivity contribution in [3.8, 4) is 5.75 Å². The predicted octanol–water partition coefficient (Wildman–Crippen LogP) is 2.49. The molecule has 118 valence electrons. The van der Waals surface area contributed by atoms with Crippen LogP contribution in [0.25, 0.3) is 0 Å². The SMILES string of the molecule is CCCCS(=O)(=O)C1CCc2cc(OC)ccc2C1NC. The highest BCUT2D eigenvalue weighted by atomic mass is 32.2. The minimum atomic E-state index is -3.06. The van der Waals surface area contributed by atoms with Crippen LogP contribution in [0.15, 0.2) is 18.2 Å². The number of hydrogen-bond donors (Lipinski definition) is 1. The highest BCUT2D eigenvalue weighted by Gasteiger charge is 2.37. The van der Waals surface area contributed by atoms with Gasteiger partial charge in [-0.25, -0.2) is 8.42 Å². The zero-order valence-electron chi connectivity index (χ0n) is 13.1. The summed E-state index contributed by atoms with van der Waals surface area (Å²) in [6, 6.07) is 5.80. The third-order valence-electron chi connectivity index (χ3n) is 4.31. The molecule has 0 fully saturated rings. The Balaban J connectivity index is 2.31. The minimum Gasteiger partial charge on any atom is -0.497 e. The van der Waals surface area contributed by atoms with Crippen molar-refractivity contribution in [2.24, 2.45) is 0 Å². The van der Waals surface area contributed by atoms with Gasteiger partial charge in [0.15, 0.2) is 9.84 Å². The standard InChI is InChI=1S/C16H25NO3S/c1-4-5-10-21(18,19)15-9-6-12-11-13(20-3)7-8-14(12)16(15)17-2/h7-8,11,15-17H,4-6,9-10H2,1-3H3. The Bertz CT molecular complexity index is 583. The number of ether oxygens (including phenoxy) is 1. The van der Waals surface area contributed by atoms with Crippen molar-refractivity contribution in [2.45, 2.75) is 43.9 Å². The van der Waals surface area contributed by atoms with Gasteiger partial charge >= 0.3 is 0 Å². The first kappa shape index (κ1) is 16.3. The Morgan fingerprint density at radius 2 is 2.14 bits per heavy atom. The fourth-order valence-corrected chi connectivity index (χ4v) is 5.29. The summed E-state index contributed by atoms with van der Waals surface area (Å²) in [7, 11) is 0.432. The number of benzene rings is 1. The number of hydrogen-bond acceptors (Lipinski definition) is 4. The Hall–Kier alpha value is -1.07. The molecule has 0 amide bonds. The van der Waals surface area contributed by atoms with Gasteiger partial charge in [0.1, 0.15) is 5.75 Å². The van der Waals surface area contributed by atoms with E-state index in [0.717, 1.165) is 30.6 Å². The number of sulfone groups is 1.